The van der Waals surface area contributed by atoms with E-state index in [1.807, 2.05) is 19.2 Å². The Labute approximate surface area is 200 Å². The van der Waals surface area contributed by atoms with E-state index in [2.05, 4.69) is 15.5 Å². The van der Waals surface area contributed by atoms with E-state index >= 15 is 0 Å². The molecule has 3 rings (SSSR count). The van der Waals surface area contributed by atoms with Crippen LogP contribution in [0, 0.1) is 0 Å². The van der Waals surface area contributed by atoms with Gasteiger partial charge in [0.25, 0.3) is 5.91 Å². The van der Waals surface area contributed by atoms with Gasteiger partial charge in [-0.3, -0.25) is 9.59 Å². The molecule has 1 aliphatic rings. The van der Waals surface area contributed by atoms with Crippen LogP contribution in [0.15, 0.2) is 39.9 Å². The van der Waals surface area contributed by atoms with Crippen LogP contribution in [0.4, 0.5) is 11.4 Å². The third kappa shape index (κ3) is 6.33. The second kappa shape index (κ2) is 11.6. The fourth-order valence-electron chi connectivity index (χ4n) is 3.87. The number of piperidine rings is 1. The maximum absolute atomic E-state index is 13.2. The largest absolute Gasteiger partial charge is 0.370 e. The van der Waals surface area contributed by atoms with E-state index in [1.54, 1.807) is 29.6 Å². The molecule has 2 aromatic rings. The number of amides is 2. The minimum atomic E-state index is -3.62. The normalized spacial score (nSPS) is 14.6. The first-order valence-corrected chi connectivity index (χ1v) is 13.7. The molecule has 2 heterocycles. The zero-order chi connectivity index (χ0) is 23.8. The number of nitrogens with zero attached hydrogens (tertiary/aromatic N) is 2. The molecular weight excluding hydrogens is 460 g/mol. The Morgan fingerprint density at radius 2 is 1.82 bits per heavy atom. The van der Waals surface area contributed by atoms with Crippen LogP contribution in [0.2, 0.25) is 0 Å². The number of benzene rings is 1. The lowest BCUT2D eigenvalue weighted by molar-refractivity contribution is -0.116. The van der Waals surface area contributed by atoms with Gasteiger partial charge in [0.1, 0.15) is 0 Å². The summed E-state index contributed by atoms with van der Waals surface area (Å²) in [6.45, 7) is 6.67. The Morgan fingerprint density at radius 1 is 1.09 bits per heavy atom. The van der Waals surface area contributed by atoms with E-state index in [0.29, 0.717) is 37.4 Å². The Kier molecular flexibility index (Phi) is 8.87. The molecule has 0 unspecified atom stereocenters. The van der Waals surface area contributed by atoms with Gasteiger partial charge in [-0.1, -0.05) is 6.42 Å². The van der Waals surface area contributed by atoms with Crippen LogP contribution in [-0.2, 0) is 14.8 Å². The van der Waals surface area contributed by atoms with Crippen molar-refractivity contribution in [3.8, 4) is 0 Å². The van der Waals surface area contributed by atoms with E-state index in [-0.39, 0.29) is 29.7 Å². The standard InChI is InChI=1S/C23H32N4O4S2/c1-3-26(4-2)21-9-8-19(33(30,31)27-13-6-5-7-14-27)16-20(21)25-22(28)10-12-24-23(29)18-11-15-32-17-18/h8-9,11,15-17H,3-7,10,12-14H2,1-2H3,(H,24,29)(H,25,28). The molecule has 2 N–H and O–H groups in total. The van der Waals surface area contributed by atoms with Crippen molar-refractivity contribution in [3.63, 3.8) is 0 Å². The van der Waals surface area contributed by atoms with Gasteiger partial charge in [-0.2, -0.15) is 15.6 Å². The van der Waals surface area contributed by atoms with Gasteiger partial charge in [-0.05, 0) is 56.3 Å². The third-order valence-electron chi connectivity index (χ3n) is 5.72. The molecule has 8 nitrogen and oxygen atoms in total. The summed E-state index contributed by atoms with van der Waals surface area (Å²) in [6.07, 6.45) is 2.84. The van der Waals surface area contributed by atoms with Crippen molar-refractivity contribution in [1.29, 1.82) is 0 Å². The molecule has 0 saturated carbocycles. The molecule has 0 aliphatic carbocycles. The highest BCUT2D eigenvalue weighted by atomic mass is 32.2. The molecule has 33 heavy (non-hydrogen) atoms. The van der Waals surface area contributed by atoms with E-state index in [1.165, 1.54) is 15.6 Å². The first-order valence-electron chi connectivity index (χ1n) is 11.4. The van der Waals surface area contributed by atoms with Crippen LogP contribution in [0.3, 0.4) is 0 Å². The first kappa shape index (κ1) is 25.2. The van der Waals surface area contributed by atoms with Crippen molar-refractivity contribution in [1.82, 2.24) is 9.62 Å². The molecule has 1 fully saturated rings. The SMILES string of the molecule is CCN(CC)c1ccc(S(=O)(=O)N2CCCCC2)cc1NC(=O)CCNC(=O)c1ccsc1. The molecule has 0 bridgehead atoms. The lowest BCUT2D eigenvalue weighted by Gasteiger charge is -2.28. The van der Waals surface area contributed by atoms with Crippen molar-refractivity contribution in [2.75, 3.05) is 42.9 Å². The molecule has 0 spiro atoms. The summed E-state index contributed by atoms with van der Waals surface area (Å²) in [5.41, 5.74) is 1.80. The van der Waals surface area contributed by atoms with Crippen molar-refractivity contribution >= 4 is 44.5 Å². The lowest BCUT2D eigenvalue weighted by atomic mass is 10.2. The van der Waals surface area contributed by atoms with Crippen molar-refractivity contribution in [2.45, 2.75) is 44.4 Å². The number of anilines is 2. The number of carbonyl (C=O) groups excluding carboxylic acids is 2. The Balaban J connectivity index is 1.75. The minimum Gasteiger partial charge on any atom is -0.370 e. The molecule has 10 heteroatoms. The summed E-state index contributed by atoms with van der Waals surface area (Å²) in [6, 6.07) is 6.66. The maximum Gasteiger partial charge on any atom is 0.252 e. The Morgan fingerprint density at radius 3 is 2.45 bits per heavy atom. The number of rotatable bonds is 10. The van der Waals surface area contributed by atoms with Gasteiger partial charge >= 0.3 is 0 Å². The Bertz CT molecular complexity index is 1040. The predicted molar refractivity (Wildman–Crippen MR) is 133 cm³/mol. The van der Waals surface area contributed by atoms with Crippen molar-refractivity contribution < 1.29 is 18.0 Å². The zero-order valence-corrected chi connectivity index (χ0v) is 20.8. The number of sulfonamides is 1. The van der Waals surface area contributed by atoms with Gasteiger partial charge in [-0.25, -0.2) is 8.42 Å². The van der Waals surface area contributed by atoms with Crippen LogP contribution in [0.25, 0.3) is 0 Å². The van der Waals surface area contributed by atoms with Gasteiger partial charge < -0.3 is 15.5 Å². The third-order valence-corrected chi connectivity index (χ3v) is 8.30. The second-order valence-corrected chi connectivity index (χ2v) is 10.6. The molecule has 0 atom stereocenters. The van der Waals surface area contributed by atoms with Gasteiger partial charge in [0.2, 0.25) is 15.9 Å². The first-order chi connectivity index (χ1) is 15.9. The summed E-state index contributed by atoms with van der Waals surface area (Å²) >= 11 is 1.43. The summed E-state index contributed by atoms with van der Waals surface area (Å²) in [4.78, 5) is 27.0. The number of carbonyl (C=O) groups is 2. The van der Waals surface area contributed by atoms with Crippen molar-refractivity contribution in [3.05, 3.63) is 40.6 Å². The van der Waals surface area contributed by atoms with E-state index in [9.17, 15) is 18.0 Å². The van der Waals surface area contributed by atoms with E-state index in [0.717, 1.165) is 24.9 Å². The van der Waals surface area contributed by atoms with Gasteiger partial charge in [0.15, 0.2) is 0 Å². The number of nitrogens with one attached hydrogen (secondary N) is 2. The molecule has 2 amide bonds. The summed E-state index contributed by atoms with van der Waals surface area (Å²) in [7, 11) is -3.62. The monoisotopic (exact) mass is 492 g/mol. The van der Waals surface area contributed by atoms with Crippen LogP contribution in [0.5, 0.6) is 0 Å². The van der Waals surface area contributed by atoms with Gasteiger partial charge in [-0.15, -0.1) is 0 Å². The lowest BCUT2D eigenvalue weighted by Crippen LogP contribution is -2.35. The van der Waals surface area contributed by atoms with Crippen LogP contribution < -0.4 is 15.5 Å². The summed E-state index contributed by atoms with van der Waals surface area (Å²) in [5, 5.41) is 9.18. The maximum atomic E-state index is 13.2. The van der Waals surface area contributed by atoms with Crippen LogP contribution in [0.1, 0.15) is 49.9 Å². The quantitative estimate of drug-likeness (QED) is 0.529. The average molecular weight is 493 g/mol. The number of hydrogen-bond acceptors (Lipinski definition) is 6. The second-order valence-electron chi connectivity index (χ2n) is 7.88. The summed E-state index contributed by atoms with van der Waals surface area (Å²) < 4.78 is 27.8. The van der Waals surface area contributed by atoms with Crippen LogP contribution >= 0.6 is 11.3 Å². The molecule has 1 saturated heterocycles. The average Bonchev–Trinajstić information content (AvgIpc) is 3.36. The highest BCUT2D eigenvalue weighted by Crippen LogP contribution is 2.31. The van der Waals surface area contributed by atoms with Gasteiger partial charge in [0.05, 0.1) is 16.3 Å². The number of hydrogen-bond donors (Lipinski definition) is 2. The topological polar surface area (TPSA) is 98.8 Å². The minimum absolute atomic E-state index is 0.0800. The highest BCUT2D eigenvalue weighted by Gasteiger charge is 2.27. The smallest absolute Gasteiger partial charge is 0.252 e. The van der Waals surface area contributed by atoms with Gasteiger partial charge in [0, 0.05) is 50.1 Å². The predicted octanol–water partition coefficient (Wildman–Crippen LogP) is 3.53. The Hall–Kier alpha value is -2.43. The highest BCUT2D eigenvalue weighted by molar-refractivity contribution is 7.89. The molecule has 1 aromatic carbocycles. The molecular formula is C23H32N4O4S2. The van der Waals surface area contributed by atoms with E-state index < -0.39 is 10.0 Å². The van der Waals surface area contributed by atoms with Crippen LogP contribution in [-0.4, -0.2) is 57.3 Å². The zero-order valence-electron chi connectivity index (χ0n) is 19.2. The number of thiophene rings is 1. The molecule has 1 aliphatic heterocycles. The van der Waals surface area contributed by atoms with E-state index in [4.69, 9.17) is 0 Å². The van der Waals surface area contributed by atoms with Crippen molar-refractivity contribution in [2.24, 2.45) is 0 Å². The molecule has 0 radical (unpaired) electrons. The fourth-order valence-corrected chi connectivity index (χ4v) is 6.05. The molecule has 1 aromatic heterocycles. The fraction of sp³-hybridized carbons (Fsp3) is 0.478. The summed E-state index contributed by atoms with van der Waals surface area (Å²) in [5.74, 6) is -0.510. The molecule has 180 valence electrons.